The predicted molar refractivity (Wildman–Crippen MR) is 91.2 cm³/mol. The standard InChI is InChI=1S/C19H20ClNO/c1-2-13(19(22)21-12-11-20)18-16-9-5-3-7-14(16)15-8-4-6-10-17(15)18/h3-10,13,18H,2,11-12H2,1H3,(H,21,22). The van der Waals surface area contributed by atoms with E-state index in [1.165, 1.54) is 22.3 Å². The van der Waals surface area contributed by atoms with E-state index in [9.17, 15) is 4.79 Å². The number of fused-ring (bicyclic) bond motifs is 3. The molecule has 1 atom stereocenters. The van der Waals surface area contributed by atoms with Gasteiger partial charge in [-0.05, 0) is 28.7 Å². The van der Waals surface area contributed by atoms with Gasteiger partial charge in [0.25, 0.3) is 0 Å². The molecule has 0 fully saturated rings. The summed E-state index contributed by atoms with van der Waals surface area (Å²) in [5.74, 6) is 0.611. The molecule has 1 aliphatic rings. The zero-order chi connectivity index (χ0) is 15.5. The highest BCUT2D eigenvalue weighted by Gasteiger charge is 2.36. The second-order valence-corrected chi connectivity index (χ2v) is 6.02. The number of hydrogen-bond donors (Lipinski definition) is 1. The quantitative estimate of drug-likeness (QED) is 0.824. The van der Waals surface area contributed by atoms with Gasteiger partial charge in [-0.2, -0.15) is 0 Å². The summed E-state index contributed by atoms with van der Waals surface area (Å²) < 4.78 is 0. The normalized spacial score (nSPS) is 14.3. The van der Waals surface area contributed by atoms with Crippen LogP contribution < -0.4 is 5.32 Å². The van der Waals surface area contributed by atoms with Crippen molar-refractivity contribution < 1.29 is 4.79 Å². The molecule has 0 saturated carbocycles. The molecule has 0 radical (unpaired) electrons. The van der Waals surface area contributed by atoms with Gasteiger partial charge in [-0.3, -0.25) is 4.79 Å². The summed E-state index contributed by atoms with van der Waals surface area (Å²) in [6, 6.07) is 16.8. The molecule has 22 heavy (non-hydrogen) atoms. The van der Waals surface area contributed by atoms with Crippen molar-refractivity contribution in [2.24, 2.45) is 5.92 Å². The molecule has 0 saturated heterocycles. The SMILES string of the molecule is CCC(C(=O)NCCCl)C1c2ccccc2-c2ccccc21. The van der Waals surface area contributed by atoms with Gasteiger partial charge in [0.1, 0.15) is 0 Å². The Hall–Kier alpha value is -1.80. The Kier molecular flexibility index (Phi) is 4.49. The Morgan fingerprint density at radius 1 is 1.09 bits per heavy atom. The predicted octanol–water partition coefficient (Wildman–Crippen LogP) is 4.18. The van der Waals surface area contributed by atoms with Crippen LogP contribution in [0, 0.1) is 5.92 Å². The van der Waals surface area contributed by atoms with Crippen molar-refractivity contribution in [1.29, 1.82) is 0 Å². The molecule has 3 rings (SSSR count). The van der Waals surface area contributed by atoms with Crippen LogP contribution in [0.4, 0.5) is 0 Å². The lowest BCUT2D eigenvalue weighted by atomic mass is 9.82. The lowest BCUT2D eigenvalue weighted by Crippen LogP contribution is -2.35. The summed E-state index contributed by atoms with van der Waals surface area (Å²) in [7, 11) is 0. The van der Waals surface area contributed by atoms with Crippen LogP contribution in [0.25, 0.3) is 11.1 Å². The number of carbonyl (C=O) groups excluding carboxylic acids is 1. The van der Waals surface area contributed by atoms with Crippen molar-refractivity contribution >= 4 is 17.5 Å². The summed E-state index contributed by atoms with van der Waals surface area (Å²) in [6.45, 7) is 2.60. The van der Waals surface area contributed by atoms with Gasteiger partial charge in [0, 0.05) is 24.3 Å². The highest BCUT2D eigenvalue weighted by Crippen LogP contribution is 2.48. The smallest absolute Gasteiger partial charge is 0.224 e. The molecule has 2 nitrogen and oxygen atoms in total. The molecule has 0 aromatic heterocycles. The van der Waals surface area contributed by atoms with Crippen LogP contribution in [0.15, 0.2) is 48.5 Å². The van der Waals surface area contributed by atoms with Gasteiger partial charge < -0.3 is 5.32 Å². The van der Waals surface area contributed by atoms with Gasteiger partial charge >= 0.3 is 0 Å². The second-order valence-electron chi connectivity index (χ2n) is 5.65. The van der Waals surface area contributed by atoms with Crippen molar-refractivity contribution in [2.75, 3.05) is 12.4 Å². The monoisotopic (exact) mass is 313 g/mol. The van der Waals surface area contributed by atoms with Gasteiger partial charge in [-0.15, -0.1) is 11.6 Å². The average Bonchev–Trinajstić information content (AvgIpc) is 2.89. The molecule has 2 aromatic carbocycles. The van der Waals surface area contributed by atoms with Crippen molar-refractivity contribution in [3.05, 3.63) is 59.7 Å². The van der Waals surface area contributed by atoms with Gasteiger partial charge in [0.05, 0.1) is 0 Å². The molecule has 1 N–H and O–H groups in total. The molecule has 114 valence electrons. The third kappa shape index (κ3) is 2.52. The lowest BCUT2D eigenvalue weighted by Gasteiger charge is -2.23. The maximum atomic E-state index is 12.6. The van der Waals surface area contributed by atoms with Gasteiger partial charge in [-0.25, -0.2) is 0 Å². The summed E-state index contributed by atoms with van der Waals surface area (Å²) in [5.41, 5.74) is 5.03. The first-order chi connectivity index (χ1) is 10.8. The fourth-order valence-corrected chi connectivity index (χ4v) is 3.60. The molecule has 0 bridgehead atoms. The third-order valence-electron chi connectivity index (χ3n) is 4.45. The first-order valence-electron chi connectivity index (χ1n) is 7.79. The minimum absolute atomic E-state index is 0.0620. The minimum Gasteiger partial charge on any atom is -0.355 e. The van der Waals surface area contributed by atoms with Crippen molar-refractivity contribution in [3.8, 4) is 11.1 Å². The van der Waals surface area contributed by atoms with Crippen LogP contribution in [-0.4, -0.2) is 18.3 Å². The van der Waals surface area contributed by atoms with Crippen molar-refractivity contribution in [1.82, 2.24) is 5.32 Å². The summed E-state index contributed by atoms with van der Waals surface area (Å²) in [4.78, 5) is 12.6. The van der Waals surface area contributed by atoms with Crippen LogP contribution in [-0.2, 0) is 4.79 Å². The molecule has 2 aromatic rings. The van der Waals surface area contributed by atoms with E-state index in [0.717, 1.165) is 6.42 Å². The maximum Gasteiger partial charge on any atom is 0.224 e. The Bertz CT molecular complexity index is 637. The number of amides is 1. The molecular formula is C19H20ClNO. The molecular weight excluding hydrogens is 294 g/mol. The largest absolute Gasteiger partial charge is 0.355 e. The Morgan fingerprint density at radius 2 is 1.64 bits per heavy atom. The number of halogens is 1. The molecule has 1 amide bonds. The van der Waals surface area contributed by atoms with E-state index in [0.29, 0.717) is 12.4 Å². The summed E-state index contributed by atoms with van der Waals surface area (Å²) >= 11 is 5.70. The van der Waals surface area contributed by atoms with E-state index in [1.54, 1.807) is 0 Å². The lowest BCUT2D eigenvalue weighted by molar-refractivity contribution is -0.125. The molecule has 0 spiro atoms. The van der Waals surface area contributed by atoms with Crippen molar-refractivity contribution in [3.63, 3.8) is 0 Å². The van der Waals surface area contributed by atoms with E-state index in [4.69, 9.17) is 11.6 Å². The van der Waals surface area contributed by atoms with Crippen LogP contribution in [0.3, 0.4) is 0 Å². The highest BCUT2D eigenvalue weighted by molar-refractivity contribution is 6.18. The zero-order valence-electron chi connectivity index (χ0n) is 12.7. The van der Waals surface area contributed by atoms with E-state index >= 15 is 0 Å². The van der Waals surface area contributed by atoms with Gasteiger partial charge in [0.15, 0.2) is 0 Å². The fourth-order valence-electron chi connectivity index (χ4n) is 3.50. The molecule has 1 aliphatic carbocycles. The summed E-state index contributed by atoms with van der Waals surface area (Å²) in [6.07, 6.45) is 0.807. The highest BCUT2D eigenvalue weighted by atomic mass is 35.5. The molecule has 3 heteroatoms. The topological polar surface area (TPSA) is 29.1 Å². The summed E-state index contributed by atoms with van der Waals surface area (Å²) in [5, 5.41) is 2.95. The number of hydrogen-bond acceptors (Lipinski definition) is 1. The first kappa shape index (κ1) is 15.1. The van der Waals surface area contributed by atoms with Crippen LogP contribution in [0.2, 0.25) is 0 Å². The number of alkyl halides is 1. The Labute approximate surface area is 136 Å². The number of carbonyl (C=O) groups is 1. The zero-order valence-corrected chi connectivity index (χ0v) is 13.4. The first-order valence-corrected chi connectivity index (χ1v) is 8.33. The Morgan fingerprint density at radius 3 is 2.14 bits per heavy atom. The van der Waals surface area contributed by atoms with E-state index < -0.39 is 0 Å². The van der Waals surface area contributed by atoms with Gasteiger partial charge in [0.2, 0.25) is 5.91 Å². The molecule has 1 unspecified atom stereocenters. The van der Waals surface area contributed by atoms with E-state index in [2.05, 4.69) is 60.8 Å². The molecule has 0 aliphatic heterocycles. The fraction of sp³-hybridized carbons (Fsp3) is 0.316. The minimum atomic E-state index is -0.0620. The third-order valence-corrected chi connectivity index (χ3v) is 4.64. The van der Waals surface area contributed by atoms with Crippen LogP contribution in [0.1, 0.15) is 30.4 Å². The van der Waals surface area contributed by atoms with Crippen molar-refractivity contribution in [2.45, 2.75) is 19.3 Å². The number of nitrogens with one attached hydrogen (secondary N) is 1. The van der Waals surface area contributed by atoms with E-state index in [-0.39, 0.29) is 17.7 Å². The number of rotatable bonds is 5. The van der Waals surface area contributed by atoms with Crippen LogP contribution >= 0.6 is 11.6 Å². The van der Waals surface area contributed by atoms with Gasteiger partial charge in [-0.1, -0.05) is 55.5 Å². The maximum absolute atomic E-state index is 12.6. The molecule has 0 heterocycles. The second kappa shape index (κ2) is 6.53. The van der Waals surface area contributed by atoms with Crippen LogP contribution in [0.5, 0.6) is 0 Å². The number of benzene rings is 2. The average molecular weight is 314 g/mol. The van der Waals surface area contributed by atoms with E-state index in [1.807, 2.05) is 0 Å². The Balaban J connectivity index is 2.03.